The highest BCUT2D eigenvalue weighted by Crippen LogP contribution is 2.51. The van der Waals surface area contributed by atoms with E-state index in [0.717, 1.165) is 19.3 Å². The number of aromatic nitrogens is 1. The summed E-state index contributed by atoms with van der Waals surface area (Å²) < 4.78 is 5.86. The van der Waals surface area contributed by atoms with Crippen molar-refractivity contribution in [2.24, 2.45) is 5.41 Å². The van der Waals surface area contributed by atoms with Crippen LogP contribution in [0.15, 0.2) is 18.2 Å². The first-order valence-corrected chi connectivity index (χ1v) is 8.50. The third kappa shape index (κ3) is 3.02. The van der Waals surface area contributed by atoms with E-state index >= 15 is 0 Å². The van der Waals surface area contributed by atoms with E-state index in [1.54, 1.807) is 24.1 Å². The van der Waals surface area contributed by atoms with Crippen LogP contribution in [0.2, 0.25) is 0 Å². The van der Waals surface area contributed by atoms with E-state index < -0.39 is 5.97 Å². The van der Waals surface area contributed by atoms with Crippen LogP contribution in [0.4, 0.5) is 0 Å². The van der Waals surface area contributed by atoms with Crippen molar-refractivity contribution >= 4 is 11.9 Å². The Hall–Kier alpha value is -1.95. The van der Waals surface area contributed by atoms with Crippen LogP contribution in [-0.2, 0) is 4.74 Å². The first-order chi connectivity index (χ1) is 11.4. The normalized spacial score (nSPS) is 21.8. The molecule has 0 radical (unpaired) electrons. The first kappa shape index (κ1) is 18.4. The summed E-state index contributed by atoms with van der Waals surface area (Å²) in [5.74, 6) is -1.38. The van der Waals surface area contributed by atoms with E-state index in [9.17, 15) is 9.59 Å². The third-order valence-corrected chi connectivity index (χ3v) is 5.40. The van der Waals surface area contributed by atoms with Crippen molar-refractivity contribution in [1.82, 2.24) is 9.88 Å². The molecule has 1 N–H and O–H groups in total. The van der Waals surface area contributed by atoms with E-state index in [4.69, 9.17) is 9.84 Å². The topological polar surface area (TPSA) is 79.7 Å². The van der Waals surface area contributed by atoms with Gasteiger partial charge in [-0.25, -0.2) is 9.78 Å². The van der Waals surface area contributed by atoms with Crippen molar-refractivity contribution in [3.63, 3.8) is 0 Å². The highest BCUT2D eigenvalue weighted by molar-refractivity contribution is 5.94. The molecule has 1 saturated carbocycles. The second-order valence-electron chi connectivity index (χ2n) is 6.27. The molecular formula is C18H26N2O4. The molecule has 1 fully saturated rings. The smallest absolute Gasteiger partial charge is 0.354 e. The van der Waals surface area contributed by atoms with Gasteiger partial charge >= 0.3 is 5.97 Å². The minimum atomic E-state index is -1.14. The lowest BCUT2D eigenvalue weighted by atomic mass is 9.58. The standard InChI is InChI=1S/C18H26N2O4/c1-5-18(6-2)14(11-15(18)24-7-3)20(4)16(21)12-9-8-10-13(19-12)17(22)23/h8-10,14-15H,5-7,11H2,1-4H3,(H,22,23). The van der Waals surface area contributed by atoms with Gasteiger partial charge in [0.2, 0.25) is 0 Å². The lowest BCUT2D eigenvalue weighted by Crippen LogP contribution is -2.64. The molecule has 0 bridgehead atoms. The largest absolute Gasteiger partial charge is 0.477 e. The zero-order chi connectivity index (χ0) is 17.9. The molecule has 132 valence electrons. The number of carboxylic acids is 1. The predicted octanol–water partition coefficient (Wildman–Crippen LogP) is 2.84. The van der Waals surface area contributed by atoms with Gasteiger partial charge in [0.05, 0.1) is 6.10 Å². The van der Waals surface area contributed by atoms with Gasteiger partial charge in [-0.15, -0.1) is 0 Å². The first-order valence-electron chi connectivity index (χ1n) is 8.50. The van der Waals surface area contributed by atoms with E-state index in [2.05, 4.69) is 18.8 Å². The predicted molar refractivity (Wildman–Crippen MR) is 90.1 cm³/mol. The monoisotopic (exact) mass is 334 g/mol. The van der Waals surface area contributed by atoms with Gasteiger partial charge in [-0.1, -0.05) is 19.9 Å². The summed E-state index contributed by atoms with van der Waals surface area (Å²) in [4.78, 5) is 29.5. The Morgan fingerprint density at radius 2 is 1.92 bits per heavy atom. The van der Waals surface area contributed by atoms with Crippen molar-refractivity contribution in [3.05, 3.63) is 29.6 Å². The summed E-state index contributed by atoms with van der Waals surface area (Å²) in [6.07, 6.45) is 2.82. The maximum absolute atomic E-state index is 12.8. The number of carbonyl (C=O) groups is 2. The van der Waals surface area contributed by atoms with Gasteiger partial charge in [-0.2, -0.15) is 0 Å². The Bertz CT molecular complexity index is 613. The number of amides is 1. The molecule has 1 aliphatic carbocycles. The van der Waals surface area contributed by atoms with Crippen LogP contribution >= 0.6 is 0 Å². The maximum Gasteiger partial charge on any atom is 0.354 e. The Morgan fingerprint density at radius 3 is 2.46 bits per heavy atom. The van der Waals surface area contributed by atoms with Crippen molar-refractivity contribution in [2.75, 3.05) is 13.7 Å². The molecule has 0 spiro atoms. The van der Waals surface area contributed by atoms with Gasteiger partial charge in [-0.05, 0) is 38.3 Å². The average molecular weight is 334 g/mol. The fraction of sp³-hybridized carbons (Fsp3) is 0.611. The fourth-order valence-corrected chi connectivity index (χ4v) is 3.88. The van der Waals surface area contributed by atoms with Gasteiger partial charge < -0.3 is 14.7 Å². The summed E-state index contributed by atoms with van der Waals surface area (Å²) in [7, 11) is 1.77. The van der Waals surface area contributed by atoms with E-state index in [0.29, 0.717) is 6.61 Å². The number of carboxylic acid groups (broad SMARTS) is 1. The second kappa shape index (κ2) is 7.30. The number of nitrogens with zero attached hydrogens (tertiary/aromatic N) is 2. The van der Waals surface area contributed by atoms with Gasteiger partial charge in [0.15, 0.2) is 0 Å². The molecule has 2 rings (SSSR count). The van der Waals surface area contributed by atoms with E-state index in [1.165, 1.54) is 6.07 Å². The Labute approximate surface area is 142 Å². The number of aromatic carboxylic acids is 1. The summed E-state index contributed by atoms with van der Waals surface area (Å²) >= 11 is 0. The summed E-state index contributed by atoms with van der Waals surface area (Å²) in [6.45, 7) is 6.91. The van der Waals surface area contributed by atoms with Crippen LogP contribution in [0.3, 0.4) is 0 Å². The summed E-state index contributed by atoms with van der Waals surface area (Å²) in [5, 5.41) is 9.05. The maximum atomic E-state index is 12.8. The molecule has 6 heteroatoms. The molecule has 0 saturated heterocycles. The fourth-order valence-electron chi connectivity index (χ4n) is 3.88. The van der Waals surface area contributed by atoms with Crippen molar-refractivity contribution in [3.8, 4) is 0 Å². The summed E-state index contributed by atoms with van der Waals surface area (Å²) in [5.41, 5.74) is -0.00385. The molecule has 1 amide bonds. The van der Waals surface area contributed by atoms with Crippen molar-refractivity contribution < 1.29 is 19.4 Å². The lowest BCUT2D eigenvalue weighted by Gasteiger charge is -2.58. The highest BCUT2D eigenvalue weighted by Gasteiger charge is 2.55. The molecule has 6 nitrogen and oxygen atoms in total. The zero-order valence-corrected chi connectivity index (χ0v) is 14.8. The second-order valence-corrected chi connectivity index (χ2v) is 6.27. The molecule has 0 aromatic carbocycles. The Kier molecular flexibility index (Phi) is 5.59. The van der Waals surface area contributed by atoms with Crippen LogP contribution < -0.4 is 0 Å². The number of hydrogen-bond acceptors (Lipinski definition) is 4. The molecule has 24 heavy (non-hydrogen) atoms. The molecule has 0 aliphatic heterocycles. The lowest BCUT2D eigenvalue weighted by molar-refractivity contribution is -0.159. The van der Waals surface area contributed by atoms with Gasteiger partial charge in [0.1, 0.15) is 11.4 Å². The SMILES string of the molecule is CCOC1CC(N(C)C(=O)c2cccc(C(=O)O)n2)C1(CC)CC. The van der Waals surface area contributed by atoms with Gasteiger partial charge in [0.25, 0.3) is 5.91 Å². The quantitative estimate of drug-likeness (QED) is 0.829. The van der Waals surface area contributed by atoms with Crippen LogP contribution in [0.25, 0.3) is 0 Å². The molecule has 2 atom stereocenters. The summed E-state index contributed by atoms with van der Waals surface area (Å²) in [6, 6.07) is 4.57. The molecular weight excluding hydrogens is 308 g/mol. The van der Waals surface area contributed by atoms with Gasteiger partial charge in [0, 0.05) is 25.1 Å². The number of ether oxygens (including phenoxy) is 1. The molecule has 1 heterocycles. The van der Waals surface area contributed by atoms with Gasteiger partial charge in [-0.3, -0.25) is 4.79 Å². The molecule has 1 aliphatic rings. The Balaban J connectivity index is 2.22. The van der Waals surface area contributed by atoms with Crippen LogP contribution in [0.1, 0.15) is 61.0 Å². The van der Waals surface area contributed by atoms with Crippen LogP contribution in [0, 0.1) is 5.41 Å². The van der Waals surface area contributed by atoms with Crippen LogP contribution in [-0.4, -0.2) is 52.7 Å². The minimum absolute atomic E-state index is 0.0508. The van der Waals surface area contributed by atoms with E-state index in [1.807, 2.05) is 6.92 Å². The number of carbonyl (C=O) groups excluding carboxylic acids is 1. The van der Waals surface area contributed by atoms with Crippen LogP contribution in [0.5, 0.6) is 0 Å². The number of pyridine rings is 1. The van der Waals surface area contributed by atoms with Crippen molar-refractivity contribution in [1.29, 1.82) is 0 Å². The number of hydrogen-bond donors (Lipinski definition) is 1. The molecule has 2 unspecified atom stereocenters. The zero-order valence-electron chi connectivity index (χ0n) is 14.8. The Morgan fingerprint density at radius 1 is 1.29 bits per heavy atom. The average Bonchev–Trinajstić information content (AvgIpc) is 2.58. The third-order valence-electron chi connectivity index (χ3n) is 5.40. The molecule has 1 aromatic heterocycles. The minimum Gasteiger partial charge on any atom is -0.477 e. The highest BCUT2D eigenvalue weighted by atomic mass is 16.5. The van der Waals surface area contributed by atoms with E-state index in [-0.39, 0.29) is 34.9 Å². The van der Waals surface area contributed by atoms with Crippen molar-refractivity contribution in [2.45, 2.75) is 52.2 Å². The number of rotatable bonds is 7. The molecule has 1 aromatic rings.